The van der Waals surface area contributed by atoms with E-state index in [0.29, 0.717) is 6.29 Å². The van der Waals surface area contributed by atoms with E-state index in [9.17, 15) is 4.79 Å². The van der Waals surface area contributed by atoms with Gasteiger partial charge in [0.25, 0.3) is 0 Å². The molecule has 0 spiro atoms. The van der Waals surface area contributed by atoms with Crippen molar-refractivity contribution in [1.29, 1.82) is 0 Å². The fourth-order valence-corrected chi connectivity index (χ4v) is 2.12. The molecule has 2 aromatic carbocycles. The molecule has 0 atom stereocenters. The van der Waals surface area contributed by atoms with Gasteiger partial charge >= 0.3 is 0 Å². The monoisotopic (exact) mass is 248 g/mol. The number of fused-ring (bicyclic) bond motifs is 1. The fourth-order valence-electron chi connectivity index (χ4n) is 2.12. The van der Waals surface area contributed by atoms with Crippen molar-refractivity contribution in [3.63, 3.8) is 0 Å². The molecule has 0 N–H and O–H groups in total. The topological polar surface area (TPSA) is 42.9 Å². The standard InChI is InChI=1S/C16H12N2O/c1-11-2-3-13-9-14(5-4-12(13)8-11)15-6-7-17-16(10-19)18-15/h2-10H,1H3. The molecule has 0 radical (unpaired) electrons. The van der Waals surface area contributed by atoms with Gasteiger partial charge in [0, 0.05) is 11.8 Å². The van der Waals surface area contributed by atoms with Crippen LogP contribution in [0.2, 0.25) is 0 Å². The summed E-state index contributed by atoms with van der Waals surface area (Å²) < 4.78 is 0. The second-order valence-corrected chi connectivity index (χ2v) is 4.48. The Bertz CT molecular complexity index is 766. The number of hydrogen-bond acceptors (Lipinski definition) is 3. The number of carbonyl (C=O) groups is 1. The quantitative estimate of drug-likeness (QED) is 0.653. The van der Waals surface area contributed by atoms with Gasteiger partial charge in [0.15, 0.2) is 12.1 Å². The largest absolute Gasteiger partial charge is 0.294 e. The number of nitrogens with zero attached hydrogens (tertiary/aromatic N) is 2. The van der Waals surface area contributed by atoms with Crippen LogP contribution in [0.4, 0.5) is 0 Å². The molecule has 3 aromatic rings. The van der Waals surface area contributed by atoms with Gasteiger partial charge in [0.2, 0.25) is 0 Å². The van der Waals surface area contributed by atoms with Crippen molar-refractivity contribution >= 4 is 17.1 Å². The molecule has 3 heteroatoms. The second-order valence-electron chi connectivity index (χ2n) is 4.48. The maximum atomic E-state index is 10.7. The highest BCUT2D eigenvalue weighted by Gasteiger charge is 2.03. The zero-order valence-electron chi connectivity index (χ0n) is 10.5. The van der Waals surface area contributed by atoms with Crippen LogP contribution in [0.3, 0.4) is 0 Å². The van der Waals surface area contributed by atoms with Crippen molar-refractivity contribution in [2.75, 3.05) is 0 Å². The minimum absolute atomic E-state index is 0.210. The van der Waals surface area contributed by atoms with E-state index in [-0.39, 0.29) is 5.82 Å². The Kier molecular flexibility index (Phi) is 2.80. The smallest absolute Gasteiger partial charge is 0.193 e. The third kappa shape index (κ3) is 2.22. The Morgan fingerprint density at radius 2 is 1.79 bits per heavy atom. The Hall–Kier alpha value is -2.55. The van der Waals surface area contributed by atoms with Gasteiger partial charge in [-0.05, 0) is 29.8 Å². The summed E-state index contributed by atoms with van der Waals surface area (Å²) >= 11 is 0. The molecule has 3 nitrogen and oxygen atoms in total. The van der Waals surface area contributed by atoms with Gasteiger partial charge < -0.3 is 0 Å². The SMILES string of the molecule is Cc1ccc2cc(-c3ccnc(C=O)n3)ccc2c1. The average Bonchev–Trinajstić information content (AvgIpc) is 2.46. The molecular weight excluding hydrogens is 236 g/mol. The van der Waals surface area contributed by atoms with E-state index in [0.717, 1.165) is 16.6 Å². The van der Waals surface area contributed by atoms with E-state index >= 15 is 0 Å². The van der Waals surface area contributed by atoms with Gasteiger partial charge in [-0.1, -0.05) is 35.9 Å². The molecule has 0 amide bonds. The molecule has 0 saturated carbocycles. The molecule has 92 valence electrons. The number of aromatic nitrogens is 2. The van der Waals surface area contributed by atoms with Gasteiger partial charge in [-0.15, -0.1) is 0 Å². The first-order valence-electron chi connectivity index (χ1n) is 6.05. The van der Waals surface area contributed by atoms with Crippen LogP contribution in [-0.2, 0) is 0 Å². The van der Waals surface area contributed by atoms with Crippen molar-refractivity contribution in [3.8, 4) is 11.3 Å². The van der Waals surface area contributed by atoms with E-state index < -0.39 is 0 Å². The predicted octanol–water partition coefficient (Wildman–Crippen LogP) is 3.42. The summed E-state index contributed by atoms with van der Waals surface area (Å²) in [7, 11) is 0. The van der Waals surface area contributed by atoms with Crippen LogP contribution >= 0.6 is 0 Å². The predicted molar refractivity (Wildman–Crippen MR) is 75.1 cm³/mol. The summed E-state index contributed by atoms with van der Waals surface area (Å²) in [6.07, 6.45) is 2.26. The van der Waals surface area contributed by atoms with Crippen molar-refractivity contribution in [2.24, 2.45) is 0 Å². The van der Waals surface area contributed by atoms with Gasteiger partial charge in [-0.25, -0.2) is 9.97 Å². The zero-order chi connectivity index (χ0) is 13.2. The lowest BCUT2D eigenvalue weighted by Gasteiger charge is -2.04. The number of hydrogen-bond donors (Lipinski definition) is 0. The van der Waals surface area contributed by atoms with E-state index in [2.05, 4.69) is 47.2 Å². The molecule has 0 unspecified atom stereocenters. The normalized spacial score (nSPS) is 10.6. The number of carbonyl (C=O) groups excluding carboxylic acids is 1. The molecule has 0 saturated heterocycles. The fraction of sp³-hybridized carbons (Fsp3) is 0.0625. The third-order valence-electron chi connectivity index (χ3n) is 3.07. The molecule has 1 heterocycles. The van der Waals surface area contributed by atoms with E-state index in [1.165, 1.54) is 10.9 Å². The molecule has 19 heavy (non-hydrogen) atoms. The van der Waals surface area contributed by atoms with Crippen LogP contribution in [0, 0.1) is 6.92 Å². The number of rotatable bonds is 2. The van der Waals surface area contributed by atoms with Crippen LogP contribution in [0.5, 0.6) is 0 Å². The van der Waals surface area contributed by atoms with Crippen LogP contribution in [0.1, 0.15) is 16.2 Å². The number of aldehydes is 1. The highest BCUT2D eigenvalue weighted by atomic mass is 16.1. The lowest BCUT2D eigenvalue weighted by molar-refractivity contribution is 0.111. The van der Waals surface area contributed by atoms with E-state index in [4.69, 9.17) is 0 Å². The summed E-state index contributed by atoms with van der Waals surface area (Å²) in [5.74, 6) is 0.210. The van der Waals surface area contributed by atoms with E-state index in [1.54, 1.807) is 6.20 Å². The molecule has 0 bridgehead atoms. The summed E-state index contributed by atoms with van der Waals surface area (Å²) in [4.78, 5) is 18.8. The van der Waals surface area contributed by atoms with Gasteiger partial charge in [0.1, 0.15) is 0 Å². The highest BCUT2D eigenvalue weighted by Crippen LogP contribution is 2.23. The van der Waals surface area contributed by atoms with Crippen LogP contribution < -0.4 is 0 Å². The first-order chi connectivity index (χ1) is 9.26. The van der Waals surface area contributed by atoms with Crippen LogP contribution in [0.25, 0.3) is 22.0 Å². The second kappa shape index (κ2) is 4.61. The molecule has 0 aliphatic heterocycles. The highest BCUT2D eigenvalue weighted by molar-refractivity contribution is 5.87. The zero-order valence-corrected chi connectivity index (χ0v) is 10.5. The van der Waals surface area contributed by atoms with E-state index in [1.807, 2.05) is 12.1 Å². The number of aryl methyl sites for hydroxylation is 1. The Labute approximate surface area is 111 Å². The minimum atomic E-state index is 0.210. The average molecular weight is 248 g/mol. The molecule has 0 aliphatic carbocycles. The molecule has 0 fully saturated rings. The Balaban J connectivity index is 2.14. The maximum absolute atomic E-state index is 10.7. The summed E-state index contributed by atoms with van der Waals surface area (Å²) in [5.41, 5.74) is 2.99. The van der Waals surface area contributed by atoms with Crippen molar-refractivity contribution in [2.45, 2.75) is 6.92 Å². The lowest BCUT2D eigenvalue weighted by atomic mass is 10.0. The Morgan fingerprint density at radius 3 is 2.63 bits per heavy atom. The number of benzene rings is 2. The van der Waals surface area contributed by atoms with Gasteiger partial charge in [-0.3, -0.25) is 4.79 Å². The van der Waals surface area contributed by atoms with Crippen LogP contribution in [-0.4, -0.2) is 16.3 Å². The van der Waals surface area contributed by atoms with Crippen LogP contribution in [0.15, 0.2) is 48.7 Å². The van der Waals surface area contributed by atoms with Crippen molar-refractivity contribution in [1.82, 2.24) is 9.97 Å². The Morgan fingerprint density at radius 1 is 1.00 bits per heavy atom. The summed E-state index contributed by atoms with van der Waals surface area (Å²) in [6, 6.07) is 14.3. The first-order valence-corrected chi connectivity index (χ1v) is 6.05. The lowest BCUT2D eigenvalue weighted by Crippen LogP contribution is -1.93. The minimum Gasteiger partial charge on any atom is -0.294 e. The summed E-state index contributed by atoms with van der Waals surface area (Å²) in [5, 5.41) is 2.36. The van der Waals surface area contributed by atoms with Crippen molar-refractivity contribution < 1.29 is 4.79 Å². The van der Waals surface area contributed by atoms with Crippen molar-refractivity contribution in [3.05, 3.63) is 60.0 Å². The summed E-state index contributed by atoms with van der Waals surface area (Å²) in [6.45, 7) is 2.08. The molecule has 3 rings (SSSR count). The van der Waals surface area contributed by atoms with Gasteiger partial charge in [-0.2, -0.15) is 0 Å². The van der Waals surface area contributed by atoms with Gasteiger partial charge in [0.05, 0.1) is 5.69 Å². The third-order valence-corrected chi connectivity index (χ3v) is 3.07. The molecule has 0 aliphatic rings. The maximum Gasteiger partial charge on any atom is 0.193 e. The molecular formula is C16H12N2O. The molecule has 1 aromatic heterocycles. The first kappa shape index (κ1) is 11.5.